The van der Waals surface area contributed by atoms with E-state index in [-0.39, 0.29) is 5.91 Å². The van der Waals surface area contributed by atoms with Gasteiger partial charge in [-0.25, -0.2) is 4.98 Å². The average molecular weight is 354 g/mol. The molecule has 2 aromatic heterocycles. The van der Waals surface area contributed by atoms with Gasteiger partial charge in [0.25, 0.3) is 0 Å². The van der Waals surface area contributed by atoms with Crippen molar-refractivity contribution in [2.45, 2.75) is 52.4 Å². The maximum Gasteiger partial charge on any atom is 0.225 e. The summed E-state index contributed by atoms with van der Waals surface area (Å²) in [5.41, 5.74) is 4.79. The van der Waals surface area contributed by atoms with Gasteiger partial charge in [-0.3, -0.25) is 4.79 Å². The maximum absolute atomic E-state index is 12.0. The number of carbonyl (C=O) groups excluding carboxylic acids is 1. The Labute approximate surface area is 151 Å². The summed E-state index contributed by atoms with van der Waals surface area (Å²) >= 11 is 1.63. The molecular weight excluding hydrogens is 332 g/mol. The van der Waals surface area contributed by atoms with Crippen LogP contribution in [0.25, 0.3) is 15.3 Å². The molecule has 1 aromatic carbocycles. The molecule has 6 heteroatoms. The van der Waals surface area contributed by atoms with E-state index in [2.05, 4.69) is 22.5 Å². The molecule has 0 aliphatic heterocycles. The Morgan fingerprint density at radius 3 is 2.76 bits per heavy atom. The Balaban J connectivity index is 1.73. The van der Waals surface area contributed by atoms with Crippen molar-refractivity contribution in [3.8, 4) is 5.13 Å². The van der Waals surface area contributed by atoms with E-state index in [9.17, 15) is 4.79 Å². The van der Waals surface area contributed by atoms with Gasteiger partial charge in [0, 0.05) is 12.5 Å². The summed E-state index contributed by atoms with van der Waals surface area (Å²) in [6, 6.07) is 6.41. The van der Waals surface area contributed by atoms with Crippen molar-refractivity contribution >= 4 is 33.3 Å². The number of hydrogen-bond donors (Lipinski definition) is 1. The third-order valence-electron chi connectivity index (χ3n) is 4.60. The Hall–Kier alpha value is -2.21. The number of fused-ring (bicyclic) bond motifs is 2. The predicted octanol–water partition coefficient (Wildman–Crippen LogP) is 4.41. The van der Waals surface area contributed by atoms with Crippen LogP contribution in [0.2, 0.25) is 0 Å². The fraction of sp³-hybridized carbons (Fsp3) is 0.421. The quantitative estimate of drug-likeness (QED) is 0.755. The predicted molar refractivity (Wildman–Crippen MR) is 102 cm³/mol. The fourth-order valence-corrected chi connectivity index (χ4v) is 4.38. The molecule has 1 aliphatic carbocycles. The van der Waals surface area contributed by atoms with Crippen LogP contribution in [-0.2, 0) is 17.6 Å². The van der Waals surface area contributed by atoms with Crippen LogP contribution in [0.15, 0.2) is 18.2 Å². The lowest BCUT2D eigenvalue weighted by atomic mass is 9.92. The van der Waals surface area contributed by atoms with Crippen LogP contribution in [0.5, 0.6) is 0 Å². The second-order valence-electron chi connectivity index (χ2n) is 6.67. The van der Waals surface area contributed by atoms with Gasteiger partial charge in [-0.15, -0.1) is 0 Å². The van der Waals surface area contributed by atoms with Crippen LogP contribution in [0.4, 0.5) is 5.82 Å². The first-order valence-corrected chi connectivity index (χ1v) is 9.75. The number of aromatic nitrogens is 3. The zero-order chi connectivity index (χ0) is 17.4. The summed E-state index contributed by atoms with van der Waals surface area (Å²) in [5.74, 6) is 0.708. The second kappa shape index (κ2) is 6.59. The Bertz CT molecular complexity index is 897. The highest BCUT2D eigenvalue weighted by molar-refractivity contribution is 7.20. The minimum Gasteiger partial charge on any atom is -0.311 e. The first kappa shape index (κ1) is 16.3. The molecule has 0 saturated carbocycles. The number of hydrogen-bond acceptors (Lipinski definition) is 4. The summed E-state index contributed by atoms with van der Waals surface area (Å²) in [4.78, 5) is 16.8. The molecule has 1 N–H and O–H groups in total. The first-order chi connectivity index (χ1) is 12.1. The highest BCUT2D eigenvalue weighted by atomic mass is 32.1. The van der Waals surface area contributed by atoms with E-state index in [1.165, 1.54) is 28.7 Å². The van der Waals surface area contributed by atoms with Crippen molar-refractivity contribution in [3.05, 3.63) is 35.0 Å². The smallest absolute Gasteiger partial charge is 0.225 e. The van der Waals surface area contributed by atoms with Gasteiger partial charge in [0.15, 0.2) is 0 Å². The molecule has 0 bridgehead atoms. The highest BCUT2D eigenvalue weighted by Gasteiger charge is 2.17. The van der Waals surface area contributed by atoms with Crippen LogP contribution < -0.4 is 5.32 Å². The van der Waals surface area contributed by atoms with E-state index in [4.69, 9.17) is 4.98 Å². The van der Waals surface area contributed by atoms with Crippen molar-refractivity contribution in [3.63, 3.8) is 0 Å². The van der Waals surface area contributed by atoms with Gasteiger partial charge in [0.1, 0.15) is 5.82 Å². The third-order valence-corrected chi connectivity index (χ3v) is 5.59. The largest absolute Gasteiger partial charge is 0.311 e. The Kier molecular flexibility index (Phi) is 4.29. The number of carbonyl (C=O) groups is 1. The van der Waals surface area contributed by atoms with Gasteiger partial charge >= 0.3 is 0 Å². The summed E-state index contributed by atoms with van der Waals surface area (Å²) in [6.45, 7) is 3.93. The third kappa shape index (κ3) is 3.18. The van der Waals surface area contributed by atoms with Crippen molar-refractivity contribution in [1.29, 1.82) is 0 Å². The lowest BCUT2D eigenvalue weighted by molar-refractivity contribution is -0.116. The van der Waals surface area contributed by atoms with Gasteiger partial charge in [0.05, 0.1) is 15.9 Å². The number of thiazole rings is 1. The van der Waals surface area contributed by atoms with Crippen LogP contribution in [0, 0.1) is 6.92 Å². The first-order valence-electron chi connectivity index (χ1n) is 8.93. The maximum atomic E-state index is 12.0. The second-order valence-corrected chi connectivity index (χ2v) is 7.68. The molecule has 1 aliphatic rings. The normalized spacial score (nSPS) is 13.8. The molecule has 4 rings (SSSR count). The van der Waals surface area contributed by atoms with Crippen molar-refractivity contribution in [2.75, 3.05) is 5.32 Å². The lowest BCUT2D eigenvalue weighted by Gasteiger charge is -2.14. The number of nitrogens with one attached hydrogen (secondary N) is 1. The van der Waals surface area contributed by atoms with E-state index in [0.29, 0.717) is 12.2 Å². The number of nitrogens with zero attached hydrogens (tertiary/aromatic N) is 3. The number of rotatable bonds is 4. The van der Waals surface area contributed by atoms with Crippen molar-refractivity contribution < 1.29 is 4.79 Å². The average Bonchev–Trinajstić information content (AvgIpc) is 3.15. The fourth-order valence-electron chi connectivity index (χ4n) is 3.40. The molecule has 0 spiro atoms. The van der Waals surface area contributed by atoms with Gasteiger partial charge in [0.2, 0.25) is 11.0 Å². The molecule has 0 radical (unpaired) electrons. The molecule has 2 heterocycles. The van der Waals surface area contributed by atoms with Crippen molar-refractivity contribution in [1.82, 2.24) is 14.8 Å². The van der Waals surface area contributed by atoms with Crippen LogP contribution in [-0.4, -0.2) is 20.7 Å². The summed E-state index contributed by atoms with van der Waals surface area (Å²) in [6.07, 6.45) is 6.19. The molecule has 3 aromatic rings. The Morgan fingerprint density at radius 1 is 1.24 bits per heavy atom. The van der Waals surface area contributed by atoms with E-state index in [1.54, 1.807) is 16.0 Å². The van der Waals surface area contributed by atoms with Crippen LogP contribution in [0.1, 0.15) is 49.4 Å². The zero-order valence-corrected chi connectivity index (χ0v) is 15.4. The SMILES string of the molecule is CCCC(=O)Nc1cc(C)nn1-c1nc2cc3c(cc2s1)CCCC3. The monoisotopic (exact) mass is 354 g/mol. The molecule has 5 nitrogen and oxygen atoms in total. The van der Waals surface area contributed by atoms with Gasteiger partial charge in [-0.1, -0.05) is 18.3 Å². The van der Waals surface area contributed by atoms with Crippen molar-refractivity contribution in [2.24, 2.45) is 0 Å². The molecule has 0 unspecified atom stereocenters. The number of benzene rings is 1. The minimum absolute atomic E-state index is 0.0141. The molecule has 130 valence electrons. The summed E-state index contributed by atoms with van der Waals surface area (Å²) < 4.78 is 2.95. The highest BCUT2D eigenvalue weighted by Crippen LogP contribution is 2.32. The van der Waals surface area contributed by atoms with Gasteiger partial charge in [-0.05, 0) is 62.3 Å². The van der Waals surface area contributed by atoms with Crippen LogP contribution in [0.3, 0.4) is 0 Å². The number of aryl methyl sites for hydroxylation is 3. The van der Waals surface area contributed by atoms with E-state index < -0.39 is 0 Å². The van der Waals surface area contributed by atoms with Gasteiger partial charge < -0.3 is 5.32 Å². The minimum atomic E-state index is 0.0141. The topological polar surface area (TPSA) is 59.8 Å². The molecule has 1 amide bonds. The molecule has 0 atom stereocenters. The molecule has 0 fully saturated rings. The lowest BCUT2D eigenvalue weighted by Crippen LogP contribution is -2.14. The van der Waals surface area contributed by atoms with Crippen LogP contribution >= 0.6 is 11.3 Å². The summed E-state index contributed by atoms with van der Waals surface area (Å²) in [7, 11) is 0. The standard InChI is InChI=1S/C19H22N4OS/c1-3-6-18(24)21-17-9-12(2)22-23(17)19-20-15-10-13-7-4-5-8-14(13)11-16(15)25-19/h9-11H,3-8H2,1-2H3,(H,21,24). The summed E-state index contributed by atoms with van der Waals surface area (Å²) in [5, 5.41) is 8.30. The number of anilines is 1. The number of amides is 1. The van der Waals surface area contributed by atoms with E-state index >= 15 is 0 Å². The van der Waals surface area contributed by atoms with E-state index in [0.717, 1.165) is 35.6 Å². The molecule has 0 saturated heterocycles. The molecule has 25 heavy (non-hydrogen) atoms. The van der Waals surface area contributed by atoms with Gasteiger partial charge in [-0.2, -0.15) is 9.78 Å². The Morgan fingerprint density at radius 2 is 2.00 bits per heavy atom. The van der Waals surface area contributed by atoms with E-state index in [1.807, 2.05) is 19.9 Å². The molecular formula is C19H22N4OS. The zero-order valence-electron chi connectivity index (χ0n) is 14.6.